The molecule has 0 aliphatic rings. The SMILES string of the molecule is CNC(Cc1ccc(Br)cc1F)c1csc(C)n1. The summed E-state index contributed by atoms with van der Waals surface area (Å²) < 4.78 is 14.6. The molecular formula is C13H14BrFN2S. The van der Waals surface area contributed by atoms with Gasteiger partial charge in [0.2, 0.25) is 0 Å². The number of aryl methyl sites for hydroxylation is 1. The first-order valence-electron chi connectivity index (χ1n) is 5.63. The molecule has 1 N–H and O–H groups in total. The highest BCUT2D eigenvalue weighted by Crippen LogP contribution is 2.23. The van der Waals surface area contributed by atoms with Crippen molar-refractivity contribution in [2.24, 2.45) is 0 Å². The molecule has 2 nitrogen and oxygen atoms in total. The molecule has 1 aromatic heterocycles. The summed E-state index contributed by atoms with van der Waals surface area (Å²) in [6, 6.07) is 5.21. The number of hydrogen-bond acceptors (Lipinski definition) is 3. The van der Waals surface area contributed by atoms with Crippen LogP contribution >= 0.6 is 27.3 Å². The van der Waals surface area contributed by atoms with E-state index in [0.717, 1.165) is 15.2 Å². The molecule has 2 rings (SSSR count). The van der Waals surface area contributed by atoms with Crippen LogP contribution in [0.15, 0.2) is 28.1 Å². The molecule has 2 aromatic rings. The first-order chi connectivity index (χ1) is 8.60. The fourth-order valence-electron chi connectivity index (χ4n) is 1.80. The minimum atomic E-state index is -0.184. The third kappa shape index (κ3) is 3.16. The summed E-state index contributed by atoms with van der Waals surface area (Å²) in [4.78, 5) is 4.45. The monoisotopic (exact) mass is 328 g/mol. The molecule has 0 fully saturated rings. The lowest BCUT2D eigenvalue weighted by atomic mass is 10.0. The van der Waals surface area contributed by atoms with Gasteiger partial charge in [0.1, 0.15) is 5.82 Å². The van der Waals surface area contributed by atoms with Gasteiger partial charge < -0.3 is 5.32 Å². The molecule has 0 radical (unpaired) electrons. The molecule has 0 saturated heterocycles. The van der Waals surface area contributed by atoms with Gasteiger partial charge >= 0.3 is 0 Å². The molecule has 1 aromatic carbocycles. The molecule has 0 aliphatic heterocycles. The van der Waals surface area contributed by atoms with Crippen molar-refractivity contribution in [2.75, 3.05) is 7.05 Å². The molecule has 1 atom stereocenters. The van der Waals surface area contributed by atoms with Gasteiger partial charge in [-0.25, -0.2) is 9.37 Å². The van der Waals surface area contributed by atoms with Gasteiger partial charge in [-0.3, -0.25) is 0 Å². The number of benzene rings is 1. The first kappa shape index (κ1) is 13.6. The van der Waals surface area contributed by atoms with Gasteiger partial charge in [-0.1, -0.05) is 22.0 Å². The van der Waals surface area contributed by atoms with E-state index in [1.807, 2.05) is 31.5 Å². The largest absolute Gasteiger partial charge is 0.311 e. The molecule has 0 aliphatic carbocycles. The third-order valence-corrected chi connectivity index (χ3v) is 4.07. The molecule has 0 amide bonds. The van der Waals surface area contributed by atoms with Gasteiger partial charge in [0.05, 0.1) is 16.7 Å². The second-order valence-corrected chi connectivity index (χ2v) is 6.05. The Balaban J connectivity index is 2.20. The molecule has 0 bridgehead atoms. The highest BCUT2D eigenvalue weighted by atomic mass is 79.9. The molecule has 96 valence electrons. The molecule has 0 spiro atoms. The van der Waals surface area contributed by atoms with E-state index < -0.39 is 0 Å². The second kappa shape index (κ2) is 5.91. The topological polar surface area (TPSA) is 24.9 Å². The number of thiazole rings is 1. The molecule has 5 heteroatoms. The fourth-order valence-corrected chi connectivity index (χ4v) is 2.80. The van der Waals surface area contributed by atoms with Gasteiger partial charge in [0, 0.05) is 9.85 Å². The van der Waals surface area contributed by atoms with Gasteiger partial charge in [-0.2, -0.15) is 0 Å². The average Bonchev–Trinajstić information content (AvgIpc) is 2.75. The van der Waals surface area contributed by atoms with Crippen LogP contribution < -0.4 is 5.32 Å². The van der Waals surface area contributed by atoms with E-state index in [1.54, 1.807) is 11.3 Å². The molecular weight excluding hydrogens is 315 g/mol. The maximum atomic E-state index is 13.8. The Kier molecular flexibility index (Phi) is 4.48. The predicted octanol–water partition coefficient (Wildman–Crippen LogP) is 3.86. The van der Waals surface area contributed by atoms with E-state index in [2.05, 4.69) is 26.2 Å². The van der Waals surface area contributed by atoms with Gasteiger partial charge in [-0.15, -0.1) is 11.3 Å². The zero-order valence-electron chi connectivity index (χ0n) is 10.2. The second-order valence-electron chi connectivity index (χ2n) is 4.07. The number of likely N-dealkylation sites (N-methyl/N-ethyl adjacent to an activating group) is 1. The Morgan fingerprint density at radius 2 is 2.28 bits per heavy atom. The van der Waals surface area contributed by atoms with E-state index in [0.29, 0.717) is 12.0 Å². The van der Waals surface area contributed by atoms with Crippen LogP contribution in [0.1, 0.15) is 22.3 Å². The average molecular weight is 329 g/mol. The standard InChI is InChI=1S/C13H14BrFN2S/c1-8-17-13(7-18-8)12(16-2)5-9-3-4-10(14)6-11(9)15/h3-4,6-7,12,16H,5H2,1-2H3. The number of rotatable bonds is 4. The van der Waals surface area contributed by atoms with Gasteiger partial charge in [0.25, 0.3) is 0 Å². The van der Waals surface area contributed by atoms with Crippen LogP contribution in [0.3, 0.4) is 0 Å². The molecule has 18 heavy (non-hydrogen) atoms. The highest BCUT2D eigenvalue weighted by Gasteiger charge is 2.15. The Hall–Kier alpha value is -0.780. The normalized spacial score (nSPS) is 12.7. The Bertz CT molecular complexity index is 542. The number of hydrogen-bond donors (Lipinski definition) is 1. The van der Waals surface area contributed by atoms with E-state index in [-0.39, 0.29) is 11.9 Å². The van der Waals surface area contributed by atoms with Crippen molar-refractivity contribution in [3.05, 3.63) is 50.1 Å². The quantitative estimate of drug-likeness (QED) is 0.921. The Morgan fingerprint density at radius 3 is 2.83 bits per heavy atom. The zero-order chi connectivity index (χ0) is 13.1. The maximum absolute atomic E-state index is 13.8. The zero-order valence-corrected chi connectivity index (χ0v) is 12.6. The highest BCUT2D eigenvalue weighted by molar-refractivity contribution is 9.10. The van der Waals surface area contributed by atoms with Crippen LogP contribution in [0, 0.1) is 12.7 Å². The van der Waals surface area contributed by atoms with Crippen molar-refractivity contribution in [3.63, 3.8) is 0 Å². The van der Waals surface area contributed by atoms with Crippen LogP contribution in [0.4, 0.5) is 4.39 Å². The first-order valence-corrected chi connectivity index (χ1v) is 7.30. The summed E-state index contributed by atoms with van der Waals surface area (Å²) in [6.07, 6.45) is 0.596. The van der Waals surface area contributed by atoms with E-state index in [9.17, 15) is 4.39 Å². The van der Waals surface area contributed by atoms with E-state index >= 15 is 0 Å². The smallest absolute Gasteiger partial charge is 0.127 e. The molecule has 0 saturated carbocycles. The summed E-state index contributed by atoms with van der Waals surface area (Å²) in [5.41, 5.74) is 1.67. The van der Waals surface area contributed by atoms with Crippen molar-refractivity contribution in [3.8, 4) is 0 Å². The lowest BCUT2D eigenvalue weighted by Crippen LogP contribution is -2.19. The molecule has 1 unspecified atom stereocenters. The summed E-state index contributed by atoms with van der Waals surface area (Å²) in [5, 5.41) is 6.24. The van der Waals surface area contributed by atoms with Gasteiger partial charge in [-0.05, 0) is 38.1 Å². The number of aromatic nitrogens is 1. The fraction of sp³-hybridized carbons (Fsp3) is 0.308. The Morgan fingerprint density at radius 1 is 1.50 bits per heavy atom. The van der Waals surface area contributed by atoms with Crippen LogP contribution in [0.25, 0.3) is 0 Å². The van der Waals surface area contributed by atoms with Crippen molar-refractivity contribution in [2.45, 2.75) is 19.4 Å². The minimum absolute atomic E-state index is 0.0469. The number of halogens is 2. The minimum Gasteiger partial charge on any atom is -0.311 e. The lowest BCUT2D eigenvalue weighted by molar-refractivity contribution is 0.546. The van der Waals surface area contributed by atoms with Crippen LogP contribution in [0.2, 0.25) is 0 Å². The van der Waals surface area contributed by atoms with Crippen LogP contribution in [0.5, 0.6) is 0 Å². The third-order valence-electron chi connectivity index (χ3n) is 2.78. The predicted molar refractivity (Wildman–Crippen MR) is 76.5 cm³/mol. The van der Waals surface area contributed by atoms with Crippen molar-refractivity contribution in [1.29, 1.82) is 0 Å². The van der Waals surface area contributed by atoms with Gasteiger partial charge in [0.15, 0.2) is 0 Å². The Labute approximate surface area is 118 Å². The van der Waals surface area contributed by atoms with Crippen LogP contribution in [-0.4, -0.2) is 12.0 Å². The van der Waals surface area contributed by atoms with Crippen molar-refractivity contribution in [1.82, 2.24) is 10.3 Å². The number of nitrogens with one attached hydrogen (secondary N) is 1. The maximum Gasteiger partial charge on any atom is 0.127 e. The van der Waals surface area contributed by atoms with Crippen molar-refractivity contribution >= 4 is 27.3 Å². The number of nitrogens with zero attached hydrogens (tertiary/aromatic N) is 1. The summed E-state index contributed by atoms with van der Waals surface area (Å²) >= 11 is 4.87. The molecule has 1 heterocycles. The van der Waals surface area contributed by atoms with Crippen molar-refractivity contribution < 1.29 is 4.39 Å². The summed E-state index contributed by atoms with van der Waals surface area (Å²) in [5.74, 6) is -0.184. The summed E-state index contributed by atoms with van der Waals surface area (Å²) in [6.45, 7) is 1.97. The van der Waals surface area contributed by atoms with E-state index in [1.165, 1.54) is 6.07 Å². The lowest BCUT2D eigenvalue weighted by Gasteiger charge is -2.14. The summed E-state index contributed by atoms with van der Waals surface area (Å²) in [7, 11) is 1.87. The van der Waals surface area contributed by atoms with E-state index in [4.69, 9.17) is 0 Å². The van der Waals surface area contributed by atoms with Crippen LogP contribution in [-0.2, 0) is 6.42 Å².